The van der Waals surface area contributed by atoms with E-state index in [9.17, 15) is 0 Å². The van der Waals surface area contributed by atoms with Crippen LogP contribution in [0.3, 0.4) is 0 Å². The average molecular weight is 883 g/mol. The van der Waals surface area contributed by atoms with Gasteiger partial charge in [-0.1, -0.05) is 47.4 Å². The van der Waals surface area contributed by atoms with E-state index in [0.717, 1.165) is 21.9 Å². The van der Waals surface area contributed by atoms with Crippen molar-refractivity contribution in [1.82, 2.24) is 24.5 Å². The molecule has 0 bridgehead atoms. The molecule has 0 radical (unpaired) electrons. The molecule has 0 saturated carbocycles. The Labute approximate surface area is 302 Å². The van der Waals surface area contributed by atoms with Crippen molar-refractivity contribution in [3.05, 3.63) is 152 Å². The van der Waals surface area contributed by atoms with E-state index in [1.54, 1.807) is 42.7 Å². The fraction of sp³-hybridized carbons (Fsp3) is 0. The maximum atomic E-state index is 7.85. The van der Waals surface area contributed by atoms with Crippen LogP contribution in [-0.2, 0) is 41.5 Å². The second kappa shape index (κ2) is 14.2. The van der Waals surface area contributed by atoms with Crippen molar-refractivity contribution in [2.24, 2.45) is 0 Å². The van der Waals surface area contributed by atoms with E-state index in [1.807, 2.05) is 77.4 Å². The molecule has 0 aliphatic heterocycles. The average Bonchev–Trinajstić information content (AvgIpc) is 3.41. The van der Waals surface area contributed by atoms with Gasteiger partial charge in [-0.15, -0.1) is 71.8 Å². The first-order valence-corrected chi connectivity index (χ1v) is 14.1. The van der Waals surface area contributed by atoms with Crippen LogP contribution in [0.2, 0.25) is 0 Å². The van der Waals surface area contributed by atoms with Gasteiger partial charge in [-0.3, -0.25) is 0 Å². The number of pyridine rings is 2. The Hall–Kier alpha value is -4.99. The Morgan fingerprint density at radius 2 is 1.00 bits per heavy atom. The number of hydrogen-bond acceptors (Lipinski definition) is 6. The summed E-state index contributed by atoms with van der Waals surface area (Å²) in [6.07, 6.45) is 3.73. The second-order valence-corrected chi connectivity index (χ2v) is 9.92. The first kappa shape index (κ1) is 29.4. The fourth-order valence-electron chi connectivity index (χ4n) is 5.06. The van der Waals surface area contributed by atoms with E-state index < -0.39 is 0 Å². The van der Waals surface area contributed by atoms with Gasteiger partial charge in [0.25, 0.3) is 0 Å². The van der Waals surface area contributed by atoms with Crippen molar-refractivity contribution in [1.29, 1.82) is 0 Å². The molecule has 0 aliphatic rings. The largest absolute Gasteiger partial charge is 2.00 e. The molecule has 0 atom stereocenters. The minimum atomic E-state index is 0. The predicted molar refractivity (Wildman–Crippen MR) is 171 cm³/mol. The first-order chi connectivity index (χ1) is 23.1. The molecule has 8 aromatic rings. The topological polar surface area (TPSA) is 75.0 Å². The third-order valence-electron chi connectivity index (χ3n) is 7.03. The van der Waals surface area contributed by atoms with Gasteiger partial charge in [0, 0.05) is 47.7 Å². The molecular weight excluding hydrogens is 860 g/mol. The molecule has 4 aromatic carbocycles. The summed E-state index contributed by atoms with van der Waals surface area (Å²) < 4.78 is 30.0. The quantitative estimate of drug-likeness (QED) is 0.118. The predicted octanol–water partition coefficient (Wildman–Crippen LogP) is 8.48. The molecule has 0 unspecified atom stereocenters. The van der Waals surface area contributed by atoms with Crippen LogP contribution in [-0.4, -0.2) is 24.5 Å². The molecule has 7 nitrogen and oxygen atoms in total. The van der Waals surface area contributed by atoms with Crippen molar-refractivity contribution in [3.63, 3.8) is 0 Å². The van der Waals surface area contributed by atoms with Crippen LogP contribution in [0, 0.1) is 24.3 Å². The Kier molecular flexibility index (Phi) is 8.88. The van der Waals surface area contributed by atoms with Gasteiger partial charge < -0.3 is 24.0 Å². The zero-order valence-electron chi connectivity index (χ0n) is 26.2. The maximum absolute atomic E-state index is 7.85. The summed E-state index contributed by atoms with van der Waals surface area (Å²) in [5.74, 6) is 2.36. The summed E-state index contributed by atoms with van der Waals surface area (Å²) in [6, 6.07) is 44.3. The van der Waals surface area contributed by atoms with Gasteiger partial charge in [-0.2, -0.15) is 22.9 Å². The summed E-state index contributed by atoms with van der Waals surface area (Å²) in [7, 11) is 0. The van der Waals surface area contributed by atoms with Crippen molar-refractivity contribution in [2.45, 2.75) is 0 Å². The Balaban J connectivity index is 0.00000208. The number of fused-ring (bicyclic) bond motifs is 3. The van der Waals surface area contributed by atoms with Crippen LogP contribution in [0.25, 0.3) is 50.3 Å². The molecule has 230 valence electrons. The number of hydrogen-bond donors (Lipinski definition) is 0. The summed E-state index contributed by atoms with van der Waals surface area (Å²) in [6.45, 7) is 0. The molecule has 0 saturated heterocycles. The molecule has 8 rings (SSSR count). The van der Waals surface area contributed by atoms with Crippen LogP contribution in [0.15, 0.2) is 128 Å². The Morgan fingerprint density at radius 3 is 1.49 bits per heavy atom. The molecule has 0 N–H and O–H groups in total. The van der Waals surface area contributed by atoms with Crippen LogP contribution in [0.5, 0.6) is 23.0 Å². The van der Waals surface area contributed by atoms with Crippen LogP contribution in [0.4, 0.5) is 0 Å². The molecule has 0 amide bonds. The van der Waals surface area contributed by atoms with Crippen LogP contribution in [0.1, 0.15) is 2.74 Å². The van der Waals surface area contributed by atoms with Gasteiger partial charge in [0.2, 0.25) is 5.95 Å². The summed E-state index contributed by atoms with van der Waals surface area (Å²) in [4.78, 5) is 17.6. The molecule has 4 heterocycles. The van der Waals surface area contributed by atoms with E-state index in [0.29, 0.717) is 51.4 Å². The summed E-state index contributed by atoms with van der Waals surface area (Å²) >= 11 is 0. The molecule has 0 aliphatic carbocycles. The molecule has 0 spiro atoms. The van der Waals surface area contributed by atoms with Gasteiger partial charge in [-0.05, 0) is 29.6 Å². The van der Waals surface area contributed by atoms with Crippen molar-refractivity contribution in [3.8, 4) is 51.5 Å². The minimum Gasteiger partial charge on any atom is -0.503 e. The Morgan fingerprint density at radius 1 is 0.511 bits per heavy atom. The van der Waals surface area contributed by atoms with Crippen LogP contribution >= 0.6 is 0 Å². The first-order valence-electron chi connectivity index (χ1n) is 15.1. The van der Waals surface area contributed by atoms with Gasteiger partial charge in [0.15, 0.2) is 0 Å². The fourth-order valence-corrected chi connectivity index (χ4v) is 5.06. The van der Waals surface area contributed by atoms with Gasteiger partial charge in [-0.25, -0.2) is 9.97 Å². The van der Waals surface area contributed by atoms with E-state index in [1.165, 1.54) is 0 Å². The van der Waals surface area contributed by atoms with E-state index in [4.69, 9.17) is 12.2 Å². The van der Waals surface area contributed by atoms with Gasteiger partial charge >= 0.3 is 41.5 Å². The summed E-state index contributed by atoms with van der Waals surface area (Å²) in [5, 5.41) is 1.82. The van der Waals surface area contributed by atoms with Crippen molar-refractivity contribution < 1.29 is 53.7 Å². The molecule has 0 fully saturated rings. The number of rotatable bonds is 7. The van der Waals surface area contributed by atoms with Gasteiger partial charge in [0.1, 0.15) is 0 Å². The van der Waals surface area contributed by atoms with E-state index in [-0.39, 0.29) is 53.8 Å². The van der Waals surface area contributed by atoms with Gasteiger partial charge in [0.05, 0.1) is 2.74 Å². The standard InChI is InChI=1S/C38H21N5O2.Pd.Pt/c1-3-18-39-34(12-1)26-8-5-10-28(22-26)44-30-14-16-32-33-17-15-31(25-37(33)43(36(32)24-30)38-41-20-7-21-42-38)45-29-11-6-9-27(23-29)35-13-2-4-19-40-35;;/h1-21H;;/q-4;2*+2/i18D,19D;;. The third kappa shape index (κ3) is 6.63. The monoisotopic (exact) mass is 882 g/mol. The minimum absolute atomic E-state index is 0. The van der Waals surface area contributed by atoms with E-state index >= 15 is 0 Å². The molecule has 4 aromatic heterocycles. The van der Waals surface area contributed by atoms with E-state index in [2.05, 4.69) is 44.2 Å². The second-order valence-electron chi connectivity index (χ2n) is 9.92. The summed E-state index contributed by atoms with van der Waals surface area (Å²) in [5.41, 5.74) is 4.12. The number of aromatic nitrogens is 5. The zero-order chi connectivity index (χ0) is 31.7. The normalized spacial score (nSPS) is 11.2. The Bertz CT molecular complexity index is 2280. The number of nitrogens with zero attached hydrogens (tertiary/aromatic N) is 5. The van der Waals surface area contributed by atoms with Crippen LogP contribution < -0.4 is 9.47 Å². The molecule has 9 heteroatoms. The number of ether oxygens (including phenoxy) is 2. The van der Waals surface area contributed by atoms with Crippen molar-refractivity contribution in [2.75, 3.05) is 0 Å². The maximum Gasteiger partial charge on any atom is 2.00 e. The number of benzene rings is 4. The van der Waals surface area contributed by atoms with Crippen molar-refractivity contribution >= 4 is 21.8 Å². The smallest absolute Gasteiger partial charge is 0.503 e. The molecular formula is C38H21N5O2PdPt. The molecule has 47 heavy (non-hydrogen) atoms. The third-order valence-corrected chi connectivity index (χ3v) is 7.03. The SMILES string of the molecule is [2H]c1cccc(-c2[c-]c(Oc3[c-]c4c(cc3)c3ccc(Oc5[c-]c(-c6cccc([2H])n6)ccc5)[c-]c3n4-c3ncccn3)ccc2)n1.[Pd+2].[Pt+2]. The zero-order valence-corrected chi connectivity index (χ0v) is 28.0.